The average molecular weight is 234 g/mol. The van der Waals surface area contributed by atoms with Crippen molar-refractivity contribution in [1.82, 2.24) is 5.73 Å². The van der Waals surface area contributed by atoms with E-state index in [1.54, 1.807) is 0 Å². The van der Waals surface area contributed by atoms with Gasteiger partial charge in [0.2, 0.25) is 5.91 Å². The third-order valence-electron chi connectivity index (χ3n) is 1.55. The van der Waals surface area contributed by atoms with Crippen molar-refractivity contribution >= 4 is 17.7 Å². The number of amides is 1. The monoisotopic (exact) mass is 234 g/mol. The Morgan fingerprint density at radius 2 is 1.93 bits per heavy atom. The minimum Gasteiger partial charge on any atom is -0.272 e. The van der Waals surface area contributed by atoms with E-state index in [4.69, 9.17) is 5.73 Å². The first kappa shape index (κ1) is 11.9. The number of hydrogen-bond acceptors (Lipinski definition) is 2. The number of carbonyl (C=O) groups is 1. The number of thioether (sulfide) groups is 1. The van der Waals surface area contributed by atoms with E-state index in [9.17, 15) is 18.0 Å². The van der Waals surface area contributed by atoms with Crippen LogP contribution in [0.5, 0.6) is 0 Å². The van der Waals surface area contributed by atoms with Gasteiger partial charge in [0.1, 0.15) is 0 Å². The van der Waals surface area contributed by atoms with Crippen LogP contribution in [0.25, 0.3) is 0 Å². The molecule has 0 aliphatic carbocycles. The Hall–Kier alpha value is -1.17. The fraction of sp³-hybridized carbons (Fsp3) is 0.222. The summed E-state index contributed by atoms with van der Waals surface area (Å²) in [5.74, 6) is -1.16. The third-order valence-corrected chi connectivity index (χ3v) is 2.62. The fourth-order valence-electron chi connectivity index (χ4n) is 0.970. The zero-order valence-corrected chi connectivity index (χ0v) is 8.28. The number of carbonyl (C=O) groups excluding carboxylic acids is 1. The first-order chi connectivity index (χ1) is 6.91. The number of benzene rings is 1. The lowest BCUT2D eigenvalue weighted by Crippen LogP contribution is -2.08. The Bertz CT molecular complexity index is 365. The Balaban J connectivity index is 2.92. The van der Waals surface area contributed by atoms with Gasteiger partial charge >= 0.3 is 6.18 Å². The molecule has 0 fully saturated rings. The highest BCUT2D eigenvalue weighted by Crippen LogP contribution is 2.36. The Morgan fingerprint density at radius 3 is 2.47 bits per heavy atom. The lowest BCUT2D eigenvalue weighted by Gasteiger charge is -2.10. The lowest BCUT2D eigenvalue weighted by molar-refractivity contribution is -0.139. The lowest BCUT2D eigenvalue weighted by atomic mass is 10.2. The van der Waals surface area contributed by atoms with Gasteiger partial charge in [-0.15, -0.1) is 11.8 Å². The molecule has 1 rings (SSSR count). The summed E-state index contributed by atoms with van der Waals surface area (Å²) in [6.45, 7) is 0. The SMILES string of the molecule is [NH]C(=O)CSc1ccccc1C(F)(F)F. The fourth-order valence-corrected chi connectivity index (χ4v) is 1.77. The second-order valence-electron chi connectivity index (χ2n) is 2.71. The molecule has 2 nitrogen and oxygen atoms in total. The summed E-state index contributed by atoms with van der Waals surface area (Å²) < 4.78 is 37.3. The molecule has 6 heteroatoms. The topological polar surface area (TPSA) is 40.9 Å². The van der Waals surface area contributed by atoms with Crippen LogP contribution in [0, 0.1) is 0 Å². The van der Waals surface area contributed by atoms with Crippen LogP contribution in [0.1, 0.15) is 5.56 Å². The normalized spacial score (nSPS) is 11.4. The van der Waals surface area contributed by atoms with Gasteiger partial charge in [-0.05, 0) is 12.1 Å². The molecule has 1 aromatic rings. The van der Waals surface area contributed by atoms with E-state index in [-0.39, 0.29) is 10.6 Å². The molecule has 15 heavy (non-hydrogen) atoms. The zero-order chi connectivity index (χ0) is 11.5. The molecule has 81 valence electrons. The highest BCUT2D eigenvalue weighted by Gasteiger charge is 2.33. The molecule has 0 spiro atoms. The molecular formula is C9H7F3NOS. The molecule has 1 amide bonds. The highest BCUT2D eigenvalue weighted by molar-refractivity contribution is 8.00. The summed E-state index contributed by atoms with van der Waals surface area (Å²) in [5, 5.41) is 0. The van der Waals surface area contributed by atoms with Gasteiger partial charge in [0.05, 0.1) is 11.3 Å². The molecule has 0 saturated carbocycles. The second kappa shape index (κ2) is 4.57. The van der Waals surface area contributed by atoms with E-state index in [2.05, 4.69) is 0 Å². The van der Waals surface area contributed by atoms with E-state index in [0.29, 0.717) is 0 Å². The third kappa shape index (κ3) is 3.47. The number of halogens is 3. The van der Waals surface area contributed by atoms with E-state index in [0.717, 1.165) is 17.8 Å². The van der Waals surface area contributed by atoms with E-state index in [1.807, 2.05) is 0 Å². The van der Waals surface area contributed by atoms with Gasteiger partial charge in [-0.3, -0.25) is 10.5 Å². The van der Waals surface area contributed by atoms with Crippen LogP contribution in [0.4, 0.5) is 13.2 Å². The van der Waals surface area contributed by atoms with Crippen LogP contribution in [-0.2, 0) is 11.0 Å². The molecule has 1 aromatic carbocycles. The van der Waals surface area contributed by atoms with Crippen LogP contribution in [0.3, 0.4) is 0 Å². The molecule has 0 bridgehead atoms. The molecule has 0 aromatic heterocycles. The molecule has 0 unspecified atom stereocenters. The van der Waals surface area contributed by atoms with E-state index in [1.165, 1.54) is 18.2 Å². The van der Waals surface area contributed by atoms with Crippen LogP contribution in [0.2, 0.25) is 0 Å². The molecule has 0 saturated heterocycles. The van der Waals surface area contributed by atoms with Gasteiger partial charge < -0.3 is 0 Å². The Kier molecular flexibility index (Phi) is 3.62. The molecule has 0 aliphatic heterocycles. The molecule has 1 radical (unpaired) electrons. The van der Waals surface area contributed by atoms with Crippen LogP contribution in [0.15, 0.2) is 29.2 Å². The minimum atomic E-state index is -4.42. The van der Waals surface area contributed by atoms with Crippen molar-refractivity contribution in [3.05, 3.63) is 29.8 Å². The number of alkyl halides is 3. The maximum atomic E-state index is 12.4. The summed E-state index contributed by atoms with van der Waals surface area (Å²) in [6.07, 6.45) is -4.42. The van der Waals surface area contributed by atoms with Crippen LogP contribution in [-0.4, -0.2) is 11.7 Å². The van der Waals surface area contributed by atoms with Gasteiger partial charge in [-0.1, -0.05) is 12.1 Å². The minimum absolute atomic E-state index is 0.0226. The second-order valence-corrected chi connectivity index (χ2v) is 3.72. The predicted molar refractivity (Wildman–Crippen MR) is 50.3 cm³/mol. The largest absolute Gasteiger partial charge is 0.417 e. The van der Waals surface area contributed by atoms with Crippen LogP contribution >= 0.6 is 11.8 Å². The van der Waals surface area contributed by atoms with Crippen LogP contribution < -0.4 is 5.73 Å². The predicted octanol–water partition coefficient (Wildman–Crippen LogP) is 2.61. The molecule has 0 atom stereocenters. The smallest absolute Gasteiger partial charge is 0.272 e. The van der Waals surface area contributed by atoms with E-state index >= 15 is 0 Å². The maximum absolute atomic E-state index is 12.4. The standard InChI is InChI=1S/C9H7F3NOS/c10-9(11,12)6-3-1-2-4-7(6)15-5-8(13)14/h1-4,13H,5H2. The van der Waals surface area contributed by atoms with Gasteiger partial charge in [-0.25, -0.2) is 0 Å². The van der Waals surface area contributed by atoms with Crippen molar-refractivity contribution < 1.29 is 18.0 Å². The van der Waals surface area contributed by atoms with Crippen molar-refractivity contribution in [1.29, 1.82) is 0 Å². The molecular weight excluding hydrogens is 227 g/mol. The number of hydrogen-bond donors (Lipinski definition) is 0. The molecule has 1 N–H and O–H groups in total. The van der Waals surface area contributed by atoms with Gasteiger partial charge in [0, 0.05) is 4.90 Å². The van der Waals surface area contributed by atoms with Crippen molar-refractivity contribution in [3.63, 3.8) is 0 Å². The maximum Gasteiger partial charge on any atom is 0.417 e. The number of rotatable bonds is 3. The van der Waals surface area contributed by atoms with Gasteiger partial charge in [0.15, 0.2) is 0 Å². The summed E-state index contributed by atoms with van der Waals surface area (Å²) in [6, 6.07) is 4.99. The summed E-state index contributed by atoms with van der Waals surface area (Å²) in [5.41, 5.74) is 5.85. The Morgan fingerprint density at radius 1 is 1.33 bits per heavy atom. The summed E-state index contributed by atoms with van der Waals surface area (Å²) >= 11 is 0.725. The average Bonchev–Trinajstić information content (AvgIpc) is 2.13. The Labute approximate surface area is 88.6 Å². The van der Waals surface area contributed by atoms with Crippen molar-refractivity contribution in [3.8, 4) is 0 Å². The quantitative estimate of drug-likeness (QED) is 0.754. The first-order valence-corrected chi connectivity index (χ1v) is 4.93. The van der Waals surface area contributed by atoms with E-state index < -0.39 is 17.6 Å². The first-order valence-electron chi connectivity index (χ1n) is 3.94. The van der Waals surface area contributed by atoms with Gasteiger partial charge in [0.25, 0.3) is 0 Å². The number of nitrogens with one attached hydrogen (secondary N) is 1. The van der Waals surface area contributed by atoms with Crippen molar-refractivity contribution in [2.24, 2.45) is 0 Å². The molecule has 0 aliphatic rings. The zero-order valence-electron chi connectivity index (χ0n) is 7.47. The van der Waals surface area contributed by atoms with Crippen molar-refractivity contribution in [2.45, 2.75) is 11.1 Å². The van der Waals surface area contributed by atoms with Gasteiger partial charge in [-0.2, -0.15) is 13.2 Å². The highest BCUT2D eigenvalue weighted by atomic mass is 32.2. The molecule has 0 heterocycles. The van der Waals surface area contributed by atoms with Crippen molar-refractivity contribution in [2.75, 3.05) is 5.75 Å². The summed E-state index contributed by atoms with van der Waals surface area (Å²) in [4.78, 5) is 10.3. The summed E-state index contributed by atoms with van der Waals surface area (Å²) in [7, 11) is 0.